The third kappa shape index (κ3) is 3.55. The van der Waals surface area contributed by atoms with Gasteiger partial charge in [-0.25, -0.2) is 0 Å². The number of carbonyl (C=O) groups is 1. The number of aromatic nitrogens is 2. The number of allylic oxidation sites excluding steroid dienone is 3. The SMILES string of the molecule is C=C/C(=C\C=C/C)CNC(=O)c1[nH]c(=O)c2cccnc2c1O. The molecule has 0 radical (unpaired) electrons. The first-order valence-corrected chi connectivity index (χ1v) is 7.01. The maximum Gasteiger partial charge on any atom is 0.272 e. The lowest BCUT2D eigenvalue weighted by atomic mass is 10.2. The lowest BCUT2D eigenvalue weighted by Crippen LogP contribution is -2.28. The van der Waals surface area contributed by atoms with E-state index in [0.29, 0.717) is 0 Å². The van der Waals surface area contributed by atoms with Gasteiger partial charge in [0.15, 0.2) is 11.4 Å². The third-order valence-electron chi connectivity index (χ3n) is 3.20. The molecule has 0 saturated heterocycles. The minimum absolute atomic E-state index is 0.0924. The maximum absolute atomic E-state index is 12.2. The molecule has 0 atom stereocenters. The van der Waals surface area contributed by atoms with Crippen molar-refractivity contribution in [2.75, 3.05) is 6.54 Å². The molecule has 6 nitrogen and oxygen atoms in total. The Hall–Kier alpha value is -3.15. The molecular weight excluding hydrogens is 294 g/mol. The van der Waals surface area contributed by atoms with Crippen LogP contribution in [0.4, 0.5) is 0 Å². The third-order valence-corrected chi connectivity index (χ3v) is 3.20. The van der Waals surface area contributed by atoms with E-state index in [0.717, 1.165) is 5.57 Å². The number of rotatable bonds is 5. The normalized spacial score (nSPS) is 11.8. The molecule has 118 valence electrons. The molecule has 0 bridgehead atoms. The van der Waals surface area contributed by atoms with Gasteiger partial charge < -0.3 is 15.4 Å². The van der Waals surface area contributed by atoms with E-state index in [1.807, 2.05) is 19.1 Å². The summed E-state index contributed by atoms with van der Waals surface area (Å²) in [6.45, 7) is 5.76. The Morgan fingerprint density at radius 2 is 2.30 bits per heavy atom. The minimum Gasteiger partial charge on any atom is -0.504 e. The Bertz CT molecular complexity index is 863. The van der Waals surface area contributed by atoms with Crippen molar-refractivity contribution in [3.05, 3.63) is 70.8 Å². The first-order valence-electron chi connectivity index (χ1n) is 7.01. The van der Waals surface area contributed by atoms with Crippen LogP contribution in [0.15, 0.2) is 59.6 Å². The van der Waals surface area contributed by atoms with E-state index < -0.39 is 11.5 Å². The van der Waals surface area contributed by atoms with Gasteiger partial charge in [0, 0.05) is 12.7 Å². The Morgan fingerprint density at radius 3 is 3.00 bits per heavy atom. The van der Waals surface area contributed by atoms with E-state index in [4.69, 9.17) is 0 Å². The van der Waals surface area contributed by atoms with Gasteiger partial charge in [-0.05, 0) is 24.6 Å². The van der Waals surface area contributed by atoms with Crippen molar-refractivity contribution in [1.29, 1.82) is 0 Å². The fourth-order valence-corrected chi connectivity index (χ4v) is 1.99. The second-order valence-electron chi connectivity index (χ2n) is 4.73. The summed E-state index contributed by atoms with van der Waals surface area (Å²) < 4.78 is 0. The van der Waals surface area contributed by atoms with Gasteiger partial charge in [0.1, 0.15) is 5.52 Å². The van der Waals surface area contributed by atoms with Crippen molar-refractivity contribution in [2.24, 2.45) is 0 Å². The van der Waals surface area contributed by atoms with Crippen molar-refractivity contribution in [3.8, 4) is 5.75 Å². The molecular formula is C17H17N3O3. The van der Waals surface area contributed by atoms with Gasteiger partial charge in [-0.3, -0.25) is 14.6 Å². The molecule has 0 spiro atoms. The summed E-state index contributed by atoms with van der Waals surface area (Å²) in [6, 6.07) is 3.11. The second-order valence-corrected chi connectivity index (χ2v) is 4.73. The van der Waals surface area contributed by atoms with Crippen LogP contribution in [-0.2, 0) is 0 Å². The Labute approximate surface area is 132 Å². The van der Waals surface area contributed by atoms with E-state index in [9.17, 15) is 14.7 Å². The summed E-state index contributed by atoms with van der Waals surface area (Å²) in [7, 11) is 0. The van der Waals surface area contributed by atoms with Crippen LogP contribution in [0.3, 0.4) is 0 Å². The summed E-state index contributed by atoms with van der Waals surface area (Å²) in [6.07, 6.45) is 8.54. The molecule has 2 heterocycles. The molecule has 0 unspecified atom stereocenters. The number of aromatic hydroxyl groups is 1. The summed E-state index contributed by atoms with van der Waals surface area (Å²) in [5, 5.41) is 13.0. The average Bonchev–Trinajstić information content (AvgIpc) is 2.58. The molecule has 0 aromatic carbocycles. The van der Waals surface area contributed by atoms with E-state index in [2.05, 4.69) is 21.9 Å². The number of hydrogen-bond donors (Lipinski definition) is 3. The van der Waals surface area contributed by atoms with Gasteiger partial charge in [-0.1, -0.05) is 30.9 Å². The number of H-pyrrole nitrogens is 1. The highest BCUT2D eigenvalue weighted by molar-refractivity contribution is 6.00. The van der Waals surface area contributed by atoms with Gasteiger partial charge in [0.2, 0.25) is 0 Å². The molecule has 0 aliphatic carbocycles. The fourth-order valence-electron chi connectivity index (χ4n) is 1.99. The zero-order valence-electron chi connectivity index (χ0n) is 12.7. The van der Waals surface area contributed by atoms with Crippen LogP contribution in [0.25, 0.3) is 10.9 Å². The van der Waals surface area contributed by atoms with E-state index in [1.54, 1.807) is 18.2 Å². The Morgan fingerprint density at radius 1 is 1.52 bits per heavy atom. The number of aromatic amines is 1. The second kappa shape index (κ2) is 7.22. The number of hydrogen-bond acceptors (Lipinski definition) is 4. The molecule has 1 amide bonds. The number of carbonyl (C=O) groups excluding carboxylic acids is 1. The van der Waals surface area contributed by atoms with Crippen molar-refractivity contribution in [3.63, 3.8) is 0 Å². The molecule has 0 saturated carbocycles. The number of amides is 1. The molecule has 3 N–H and O–H groups in total. The summed E-state index contributed by atoms with van der Waals surface area (Å²) in [5.41, 5.74) is 0.187. The van der Waals surface area contributed by atoms with E-state index in [1.165, 1.54) is 12.3 Å². The molecule has 2 aromatic rings. The van der Waals surface area contributed by atoms with Crippen LogP contribution in [0.2, 0.25) is 0 Å². The molecule has 0 aliphatic heterocycles. The van der Waals surface area contributed by atoms with Crippen molar-refractivity contribution in [2.45, 2.75) is 6.92 Å². The highest BCUT2D eigenvalue weighted by Crippen LogP contribution is 2.22. The molecule has 6 heteroatoms. The van der Waals surface area contributed by atoms with E-state index in [-0.39, 0.29) is 28.9 Å². The minimum atomic E-state index is -0.597. The van der Waals surface area contributed by atoms with Crippen LogP contribution >= 0.6 is 0 Å². The summed E-state index contributed by atoms with van der Waals surface area (Å²) in [5.74, 6) is -0.948. The lowest BCUT2D eigenvalue weighted by Gasteiger charge is -2.08. The molecule has 23 heavy (non-hydrogen) atoms. The van der Waals surface area contributed by atoms with Crippen molar-refractivity contribution in [1.82, 2.24) is 15.3 Å². The van der Waals surface area contributed by atoms with Crippen LogP contribution < -0.4 is 10.9 Å². The van der Waals surface area contributed by atoms with Crippen LogP contribution in [-0.4, -0.2) is 27.5 Å². The maximum atomic E-state index is 12.2. The fraction of sp³-hybridized carbons (Fsp3) is 0.118. The van der Waals surface area contributed by atoms with E-state index >= 15 is 0 Å². The van der Waals surface area contributed by atoms with Gasteiger partial charge in [0.25, 0.3) is 11.5 Å². The number of nitrogens with zero attached hydrogens (tertiary/aromatic N) is 1. The van der Waals surface area contributed by atoms with Crippen molar-refractivity contribution >= 4 is 16.8 Å². The highest BCUT2D eigenvalue weighted by atomic mass is 16.3. The standard InChI is InChI=1S/C17H17N3O3/c1-3-5-7-11(4-2)10-19-17(23)14-15(21)13-12(16(22)20-14)8-6-9-18-13/h3-9,21H,2,10H2,1H3,(H,19,23)(H,20,22)/b5-3-,11-7+. The van der Waals surface area contributed by atoms with Crippen LogP contribution in [0.1, 0.15) is 17.4 Å². The monoisotopic (exact) mass is 311 g/mol. The first kappa shape index (κ1) is 16.2. The number of nitrogens with one attached hydrogen (secondary N) is 2. The smallest absolute Gasteiger partial charge is 0.272 e. The van der Waals surface area contributed by atoms with Crippen molar-refractivity contribution < 1.29 is 9.90 Å². The highest BCUT2D eigenvalue weighted by Gasteiger charge is 2.17. The molecule has 2 rings (SSSR count). The first-order chi connectivity index (χ1) is 11.1. The Balaban J connectivity index is 2.30. The predicted octanol–water partition coefficient (Wildman–Crippen LogP) is 2.05. The summed E-state index contributed by atoms with van der Waals surface area (Å²) >= 11 is 0. The van der Waals surface area contributed by atoms with Gasteiger partial charge >= 0.3 is 0 Å². The lowest BCUT2D eigenvalue weighted by molar-refractivity contribution is 0.0949. The zero-order chi connectivity index (χ0) is 16.8. The quantitative estimate of drug-likeness (QED) is 0.736. The largest absolute Gasteiger partial charge is 0.504 e. The molecule has 0 aliphatic rings. The van der Waals surface area contributed by atoms with Gasteiger partial charge in [0.05, 0.1) is 5.39 Å². The predicted molar refractivity (Wildman–Crippen MR) is 89.5 cm³/mol. The van der Waals surface area contributed by atoms with Gasteiger partial charge in [-0.15, -0.1) is 0 Å². The Kier molecular flexibility index (Phi) is 5.09. The topological polar surface area (TPSA) is 95.1 Å². The average molecular weight is 311 g/mol. The van der Waals surface area contributed by atoms with Gasteiger partial charge in [-0.2, -0.15) is 0 Å². The zero-order valence-corrected chi connectivity index (χ0v) is 12.7. The number of fused-ring (bicyclic) bond motifs is 1. The van der Waals surface area contributed by atoms with Crippen LogP contribution in [0, 0.1) is 0 Å². The molecule has 0 fully saturated rings. The molecule has 2 aromatic heterocycles. The summed E-state index contributed by atoms with van der Waals surface area (Å²) in [4.78, 5) is 30.5. The van der Waals surface area contributed by atoms with Crippen LogP contribution in [0.5, 0.6) is 5.75 Å². The number of pyridine rings is 2.